The van der Waals surface area contributed by atoms with Crippen LogP contribution in [0.4, 0.5) is 0 Å². The Bertz CT molecular complexity index is 1340. The van der Waals surface area contributed by atoms with E-state index in [-0.39, 0.29) is 32.7 Å². The zero-order valence-electron chi connectivity index (χ0n) is 19.7. The molecule has 3 rings (SSSR count). The van der Waals surface area contributed by atoms with Crippen LogP contribution in [0, 0.1) is 0 Å². The summed E-state index contributed by atoms with van der Waals surface area (Å²) < 4.78 is 23.6. The van der Waals surface area contributed by atoms with E-state index in [1.807, 2.05) is 12.1 Å². The lowest BCUT2D eigenvalue weighted by Crippen LogP contribution is -2.38. The van der Waals surface area contributed by atoms with Crippen LogP contribution in [0.25, 0.3) is 0 Å². The van der Waals surface area contributed by atoms with E-state index in [9.17, 15) is 23.1 Å². The molecule has 3 aromatic rings. The van der Waals surface area contributed by atoms with Crippen molar-refractivity contribution in [2.24, 2.45) is 0 Å². The van der Waals surface area contributed by atoms with Crippen LogP contribution < -0.4 is 10.6 Å². The highest BCUT2D eigenvalue weighted by atomic mass is 35.5. The second-order valence-corrected chi connectivity index (χ2v) is 13.7. The van der Waals surface area contributed by atoms with Crippen molar-refractivity contribution in [3.8, 4) is 5.75 Å². The predicted octanol–water partition coefficient (Wildman–Crippen LogP) is 4.62. The molecule has 6 nitrogen and oxygen atoms in total. The van der Waals surface area contributed by atoms with E-state index in [1.165, 1.54) is 12.1 Å². The molecule has 10 heteroatoms. The first-order valence-electron chi connectivity index (χ1n) is 11.0. The molecule has 0 saturated heterocycles. The number of halogens is 2. The summed E-state index contributed by atoms with van der Waals surface area (Å²) in [5.41, 5.74) is 1.56. The molecule has 0 radical (unpaired) electrons. The molecule has 0 aliphatic carbocycles. The van der Waals surface area contributed by atoms with Crippen molar-refractivity contribution in [3.63, 3.8) is 0 Å². The first kappa shape index (κ1) is 28.1. The smallest absolute Gasteiger partial charge is 0.254 e. The van der Waals surface area contributed by atoms with Crippen LogP contribution in [0.15, 0.2) is 65.6 Å². The first-order chi connectivity index (χ1) is 17.0. The van der Waals surface area contributed by atoms with Gasteiger partial charge in [-0.3, -0.25) is 4.79 Å². The lowest BCUT2D eigenvalue weighted by Gasteiger charge is -2.16. The molecule has 2 N–H and O–H groups in total. The second-order valence-electron chi connectivity index (χ2n) is 8.46. The van der Waals surface area contributed by atoms with Gasteiger partial charge in [0.05, 0.1) is 26.5 Å². The molecule has 2 atom stereocenters. The molecule has 0 heterocycles. The number of nitrogens with one attached hydrogen (secondary N) is 1. The fourth-order valence-corrected chi connectivity index (χ4v) is 6.56. The van der Waals surface area contributed by atoms with Crippen molar-refractivity contribution in [3.05, 3.63) is 87.4 Å². The van der Waals surface area contributed by atoms with Crippen LogP contribution in [0.2, 0.25) is 10.0 Å². The average Bonchev–Trinajstić information content (AvgIpc) is 2.81. The van der Waals surface area contributed by atoms with E-state index in [0.29, 0.717) is 18.3 Å². The van der Waals surface area contributed by atoms with Crippen LogP contribution in [0.1, 0.15) is 21.5 Å². The van der Waals surface area contributed by atoms with Crippen LogP contribution in [0.5, 0.6) is 5.75 Å². The number of aldehydes is 1. The summed E-state index contributed by atoms with van der Waals surface area (Å²) in [6.45, 7) is 2.15. The van der Waals surface area contributed by atoms with Gasteiger partial charge in [0.2, 0.25) is 0 Å². The molecule has 0 aliphatic rings. The number of rotatable bonds is 10. The van der Waals surface area contributed by atoms with Crippen molar-refractivity contribution >= 4 is 58.5 Å². The molecule has 190 valence electrons. The second kappa shape index (κ2) is 12.2. The summed E-state index contributed by atoms with van der Waals surface area (Å²) in [6.07, 6.45) is 3.39. The van der Waals surface area contributed by atoms with E-state index < -0.39 is 29.7 Å². The van der Waals surface area contributed by atoms with Crippen molar-refractivity contribution in [1.29, 1.82) is 0 Å². The zero-order chi connectivity index (χ0) is 26.5. The Hall–Kier alpha value is -2.44. The Kier molecular flexibility index (Phi) is 9.53. The van der Waals surface area contributed by atoms with Gasteiger partial charge in [-0.05, 0) is 78.5 Å². The third kappa shape index (κ3) is 7.53. The highest BCUT2D eigenvalue weighted by Gasteiger charge is 2.20. The third-order valence-electron chi connectivity index (χ3n) is 5.62. The highest BCUT2D eigenvalue weighted by Crippen LogP contribution is 2.33. The molecule has 3 aromatic carbocycles. The molecule has 0 fully saturated rings. The molecule has 0 spiro atoms. The van der Waals surface area contributed by atoms with Crippen molar-refractivity contribution < 1.29 is 23.1 Å². The quantitative estimate of drug-likeness (QED) is 0.276. The summed E-state index contributed by atoms with van der Waals surface area (Å²) in [4.78, 5) is 24.7. The van der Waals surface area contributed by atoms with Crippen LogP contribution >= 0.6 is 31.1 Å². The number of phenols is 1. The van der Waals surface area contributed by atoms with Crippen molar-refractivity contribution in [2.75, 3.05) is 19.1 Å². The number of aryl methyl sites for hydroxylation is 1. The first-order valence-corrected chi connectivity index (χ1v) is 15.6. The maximum absolute atomic E-state index is 12.9. The number of hydrogen-bond donors (Lipinski definition) is 2. The molecule has 36 heavy (non-hydrogen) atoms. The van der Waals surface area contributed by atoms with Crippen molar-refractivity contribution in [1.82, 2.24) is 5.32 Å². The Morgan fingerprint density at radius 3 is 2.28 bits per heavy atom. The van der Waals surface area contributed by atoms with Gasteiger partial charge in [0, 0.05) is 6.26 Å². The average molecular weight is 566 g/mol. The fraction of sp³-hybridized carbons (Fsp3) is 0.231. The van der Waals surface area contributed by atoms with Gasteiger partial charge in [0.15, 0.2) is 9.84 Å². The van der Waals surface area contributed by atoms with E-state index in [1.54, 1.807) is 36.4 Å². The molecule has 0 aromatic heterocycles. The maximum atomic E-state index is 12.9. The number of phenolic OH excluding ortho intramolecular Hbond substituents is 1. The Morgan fingerprint density at radius 1 is 1.06 bits per heavy atom. The topological polar surface area (TPSA) is 101 Å². The van der Waals surface area contributed by atoms with Gasteiger partial charge in [-0.15, -0.1) is 0 Å². The predicted molar refractivity (Wildman–Crippen MR) is 146 cm³/mol. The van der Waals surface area contributed by atoms with Gasteiger partial charge in [0.25, 0.3) is 5.91 Å². The van der Waals surface area contributed by atoms with Gasteiger partial charge in [-0.1, -0.05) is 55.4 Å². The summed E-state index contributed by atoms with van der Waals surface area (Å²) in [5.74, 6) is -0.358. The van der Waals surface area contributed by atoms with Crippen LogP contribution in [0.3, 0.4) is 0 Å². The largest absolute Gasteiger partial charge is 0.508 e. The van der Waals surface area contributed by atoms with Crippen molar-refractivity contribution in [2.45, 2.75) is 23.8 Å². The molecule has 1 amide bonds. The van der Waals surface area contributed by atoms with E-state index in [0.717, 1.165) is 23.3 Å². The minimum atomic E-state index is -3.40. The summed E-state index contributed by atoms with van der Waals surface area (Å²) in [5, 5.41) is 13.6. The number of sulfone groups is 1. The van der Waals surface area contributed by atoms with E-state index in [2.05, 4.69) is 12.0 Å². The number of aromatic hydroxyl groups is 1. The number of carbonyl (C=O) groups is 2. The number of hydrogen-bond acceptors (Lipinski definition) is 5. The Balaban J connectivity index is 1.68. The molecule has 0 bridgehead atoms. The lowest BCUT2D eigenvalue weighted by atomic mass is 10.1. The third-order valence-corrected chi connectivity index (χ3v) is 9.40. The van der Waals surface area contributed by atoms with Crippen LogP contribution in [-0.2, 0) is 27.5 Å². The summed E-state index contributed by atoms with van der Waals surface area (Å²) >= 11 is 12.8. The number of amides is 1. The lowest BCUT2D eigenvalue weighted by molar-refractivity contribution is -0.109. The minimum Gasteiger partial charge on any atom is -0.508 e. The standard InChI is InChI=1S/C26H26Cl2NO5PS/c1-35(21-8-6-20(31)7-9-21)11-10-18-14-23(27)25(24(28)15-18)26(32)29-19(16-30)12-17-4-3-5-22(13-17)36(2,33)34/h3-9,13-16,19,31H,10-12H2,1-2H3,(H,29,32). The highest BCUT2D eigenvalue weighted by molar-refractivity contribution is 7.90. The van der Waals surface area contributed by atoms with Gasteiger partial charge < -0.3 is 15.2 Å². The van der Waals surface area contributed by atoms with Gasteiger partial charge in [0.1, 0.15) is 12.0 Å². The van der Waals surface area contributed by atoms with Gasteiger partial charge in [-0.2, -0.15) is 0 Å². The summed E-state index contributed by atoms with van der Waals surface area (Å²) in [7, 11) is -3.85. The zero-order valence-corrected chi connectivity index (χ0v) is 23.0. The monoisotopic (exact) mass is 565 g/mol. The maximum Gasteiger partial charge on any atom is 0.254 e. The Labute approximate surface area is 222 Å². The van der Waals surface area contributed by atoms with Gasteiger partial charge >= 0.3 is 0 Å². The molecular formula is C26H26Cl2NO5PS. The number of benzene rings is 3. The number of carbonyl (C=O) groups excluding carboxylic acids is 2. The molecule has 0 saturated carbocycles. The molecular weight excluding hydrogens is 540 g/mol. The minimum absolute atomic E-state index is 0.0797. The molecule has 2 unspecified atom stereocenters. The Morgan fingerprint density at radius 2 is 1.69 bits per heavy atom. The van der Waals surface area contributed by atoms with E-state index in [4.69, 9.17) is 23.2 Å². The normalized spacial score (nSPS) is 13.1. The summed E-state index contributed by atoms with van der Waals surface area (Å²) in [6, 6.07) is 15.9. The fourth-order valence-electron chi connectivity index (χ4n) is 3.65. The van der Waals surface area contributed by atoms with Crippen LogP contribution in [-0.4, -0.2) is 50.8 Å². The molecule has 0 aliphatic heterocycles. The SMILES string of the molecule is CP(CCc1cc(Cl)c(C(=O)NC(C=O)Cc2cccc(S(C)(=O)=O)c2)c(Cl)c1)c1ccc(O)cc1. The van der Waals surface area contributed by atoms with Gasteiger partial charge in [-0.25, -0.2) is 8.42 Å². The van der Waals surface area contributed by atoms with E-state index >= 15 is 0 Å².